The third-order valence-corrected chi connectivity index (χ3v) is 5.31. The van der Waals surface area contributed by atoms with Gasteiger partial charge < -0.3 is 0 Å². The number of aromatic nitrogens is 1. The molecule has 1 nitrogen and oxygen atoms in total. The molecule has 0 saturated heterocycles. The minimum absolute atomic E-state index is 0.527. The van der Waals surface area contributed by atoms with Crippen molar-refractivity contribution >= 4 is 10.8 Å². The van der Waals surface area contributed by atoms with E-state index in [4.69, 9.17) is 0 Å². The molecule has 3 aromatic rings. The van der Waals surface area contributed by atoms with Gasteiger partial charge in [0.05, 0.1) is 10.9 Å². The summed E-state index contributed by atoms with van der Waals surface area (Å²) in [5, 5.41) is 2.64. The predicted molar refractivity (Wildman–Crippen MR) is 108 cm³/mol. The highest BCUT2D eigenvalue weighted by Crippen LogP contribution is 2.35. The highest BCUT2D eigenvalue weighted by Gasteiger charge is 2.21. The van der Waals surface area contributed by atoms with Crippen molar-refractivity contribution in [3.63, 3.8) is 0 Å². The van der Waals surface area contributed by atoms with Crippen LogP contribution in [0.15, 0.2) is 42.6 Å². The Morgan fingerprint density at radius 1 is 0.840 bits per heavy atom. The summed E-state index contributed by atoms with van der Waals surface area (Å²) in [5.74, 6) is 1.05. The van der Waals surface area contributed by atoms with Crippen LogP contribution in [-0.2, 0) is 7.05 Å². The Morgan fingerprint density at radius 3 is 2.20 bits per heavy atom. The van der Waals surface area contributed by atoms with Crippen LogP contribution >= 0.6 is 0 Å². The van der Waals surface area contributed by atoms with E-state index in [0.717, 1.165) is 0 Å². The van der Waals surface area contributed by atoms with Gasteiger partial charge in [-0.25, -0.2) is 4.57 Å². The maximum Gasteiger partial charge on any atom is 0.220 e. The first-order chi connectivity index (χ1) is 11.8. The summed E-state index contributed by atoms with van der Waals surface area (Å²) in [4.78, 5) is 0. The van der Waals surface area contributed by atoms with Crippen LogP contribution in [0.5, 0.6) is 0 Å². The van der Waals surface area contributed by atoms with Crippen molar-refractivity contribution in [2.24, 2.45) is 7.05 Å². The number of hydrogen-bond acceptors (Lipinski definition) is 0. The van der Waals surface area contributed by atoms with Gasteiger partial charge in [0.15, 0.2) is 6.20 Å². The summed E-state index contributed by atoms with van der Waals surface area (Å²) in [5.41, 5.74) is 8.29. The zero-order valence-electron chi connectivity index (χ0n) is 16.6. The van der Waals surface area contributed by atoms with Crippen LogP contribution in [0.1, 0.15) is 61.8 Å². The van der Waals surface area contributed by atoms with Gasteiger partial charge >= 0.3 is 0 Å². The van der Waals surface area contributed by atoms with Gasteiger partial charge in [-0.2, -0.15) is 0 Å². The Labute approximate surface area is 152 Å². The number of rotatable bonds is 3. The van der Waals surface area contributed by atoms with E-state index >= 15 is 0 Å². The van der Waals surface area contributed by atoms with Gasteiger partial charge in [0.1, 0.15) is 7.05 Å². The second-order valence-electron chi connectivity index (χ2n) is 7.96. The van der Waals surface area contributed by atoms with E-state index in [1.165, 1.54) is 44.3 Å². The smallest absolute Gasteiger partial charge is 0.200 e. The largest absolute Gasteiger partial charge is 0.220 e. The summed E-state index contributed by atoms with van der Waals surface area (Å²) >= 11 is 0. The van der Waals surface area contributed by atoms with E-state index in [0.29, 0.717) is 11.8 Å². The lowest BCUT2D eigenvalue weighted by Crippen LogP contribution is -2.31. The monoisotopic (exact) mass is 332 g/mol. The second-order valence-corrected chi connectivity index (χ2v) is 7.96. The van der Waals surface area contributed by atoms with Gasteiger partial charge in [0, 0.05) is 6.07 Å². The van der Waals surface area contributed by atoms with Crippen molar-refractivity contribution in [1.29, 1.82) is 0 Å². The summed E-state index contributed by atoms with van der Waals surface area (Å²) in [6.07, 6.45) is 2.18. The van der Waals surface area contributed by atoms with E-state index in [-0.39, 0.29) is 0 Å². The van der Waals surface area contributed by atoms with Crippen molar-refractivity contribution in [2.45, 2.75) is 53.4 Å². The first kappa shape index (κ1) is 17.7. The fourth-order valence-corrected chi connectivity index (χ4v) is 3.75. The first-order valence-corrected chi connectivity index (χ1v) is 9.33. The molecule has 0 fully saturated rings. The molecule has 0 aliphatic carbocycles. The maximum absolute atomic E-state index is 2.41. The average molecular weight is 333 g/mol. The second kappa shape index (κ2) is 6.63. The molecule has 0 aliphatic rings. The Kier molecular flexibility index (Phi) is 4.69. The molecule has 130 valence electrons. The Balaban J connectivity index is 2.42. The van der Waals surface area contributed by atoms with Crippen molar-refractivity contribution in [3.8, 4) is 11.3 Å². The summed E-state index contributed by atoms with van der Waals surface area (Å²) in [7, 11) is 2.16. The van der Waals surface area contributed by atoms with Crippen LogP contribution in [-0.4, -0.2) is 0 Å². The molecule has 25 heavy (non-hydrogen) atoms. The molecule has 0 N–H and O–H groups in total. The molecule has 1 aromatic heterocycles. The van der Waals surface area contributed by atoms with Gasteiger partial charge in [0.25, 0.3) is 0 Å². The molecule has 3 rings (SSSR count). The average Bonchev–Trinajstić information content (AvgIpc) is 2.55. The van der Waals surface area contributed by atoms with Crippen LogP contribution in [0.4, 0.5) is 0 Å². The molecular formula is C24H30N+. The molecule has 0 bridgehead atoms. The Hall–Kier alpha value is -2.15. The topological polar surface area (TPSA) is 3.88 Å². The number of pyridine rings is 1. The van der Waals surface area contributed by atoms with E-state index in [1.54, 1.807) is 0 Å². The number of benzene rings is 2. The van der Waals surface area contributed by atoms with Gasteiger partial charge in [-0.3, -0.25) is 0 Å². The number of nitrogens with zero attached hydrogens (tertiary/aromatic N) is 1. The van der Waals surface area contributed by atoms with Crippen molar-refractivity contribution < 1.29 is 4.57 Å². The molecule has 2 aromatic carbocycles. The lowest BCUT2D eigenvalue weighted by atomic mass is 9.86. The summed E-state index contributed by atoms with van der Waals surface area (Å²) in [6.45, 7) is 13.6. The van der Waals surface area contributed by atoms with Crippen LogP contribution in [0.25, 0.3) is 22.0 Å². The van der Waals surface area contributed by atoms with Crippen molar-refractivity contribution in [1.82, 2.24) is 0 Å². The zero-order valence-corrected chi connectivity index (χ0v) is 16.6. The van der Waals surface area contributed by atoms with Gasteiger partial charge in [-0.05, 0) is 59.9 Å². The zero-order chi connectivity index (χ0) is 18.3. The molecule has 0 amide bonds. The highest BCUT2D eigenvalue weighted by atomic mass is 14.9. The lowest BCUT2D eigenvalue weighted by Gasteiger charge is -2.18. The first-order valence-electron chi connectivity index (χ1n) is 9.33. The molecule has 1 heteroatoms. The molecule has 0 unspecified atom stereocenters. The van der Waals surface area contributed by atoms with Gasteiger partial charge in [-0.15, -0.1) is 0 Å². The Bertz CT molecular complexity index is 927. The minimum atomic E-state index is 0.527. The third kappa shape index (κ3) is 3.20. The van der Waals surface area contributed by atoms with Crippen LogP contribution in [0.2, 0.25) is 0 Å². The molecule has 0 aliphatic heterocycles. The Morgan fingerprint density at radius 2 is 1.56 bits per heavy atom. The highest BCUT2D eigenvalue weighted by molar-refractivity contribution is 5.94. The molecule has 1 heterocycles. The maximum atomic E-state index is 2.41. The standard InChI is InChI=1S/C24H30N/c1-15(2)20-13-21(16(3)4)18(6)22(14-20)24-23-12-17(5)8-9-19(23)10-11-25(24)7/h8-16H,1-7H3/q+1. The van der Waals surface area contributed by atoms with Gasteiger partial charge in [0.2, 0.25) is 5.69 Å². The fraction of sp³-hybridized carbons (Fsp3) is 0.375. The third-order valence-electron chi connectivity index (χ3n) is 5.31. The molecule has 0 spiro atoms. The number of aryl methyl sites for hydroxylation is 2. The number of hydrogen-bond donors (Lipinski definition) is 0. The normalized spacial score (nSPS) is 11.7. The van der Waals surface area contributed by atoms with E-state index in [2.05, 4.69) is 95.8 Å². The lowest BCUT2D eigenvalue weighted by molar-refractivity contribution is -0.659. The predicted octanol–water partition coefficient (Wildman–Crippen LogP) is 6.19. The SMILES string of the molecule is Cc1ccc2cc[n+](C)c(-c3cc(C(C)C)cc(C(C)C)c3C)c2c1. The minimum Gasteiger partial charge on any atom is -0.200 e. The molecular weight excluding hydrogens is 302 g/mol. The number of fused-ring (bicyclic) bond motifs is 1. The van der Waals surface area contributed by atoms with Crippen molar-refractivity contribution in [2.75, 3.05) is 0 Å². The van der Waals surface area contributed by atoms with Gasteiger partial charge in [-0.1, -0.05) is 51.5 Å². The van der Waals surface area contributed by atoms with Crippen LogP contribution < -0.4 is 4.57 Å². The quantitative estimate of drug-likeness (QED) is 0.503. The summed E-state index contributed by atoms with van der Waals surface area (Å²) < 4.78 is 2.28. The van der Waals surface area contributed by atoms with E-state index < -0.39 is 0 Å². The summed E-state index contributed by atoms with van der Waals surface area (Å²) in [6, 6.07) is 13.8. The van der Waals surface area contributed by atoms with Crippen LogP contribution in [0.3, 0.4) is 0 Å². The molecule has 0 saturated carbocycles. The molecule has 0 radical (unpaired) electrons. The van der Waals surface area contributed by atoms with E-state index in [1.807, 2.05) is 0 Å². The fourth-order valence-electron chi connectivity index (χ4n) is 3.75. The van der Waals surface area contributed by atoms with Crippen LogP contribution in [0, 0.1) is 13.8 Å². The van der Waals surface area contributed by atoms with E-state index in [9.17, 15) is 0 Å². The van der Waals surface area contributed by atoms with Crippen molar-refractivity contribution in [3.05, 3.63) is 64.8 Å². The molecule has 0 atom stereocenters.